The number of allylic oxidation sites excluding steroid dienone is 2. The van der Waals surface area contributed by atoms with Crippen molar-refractivity contribution < 1.29 is 62.0 Å². The molecule has 0 saturated carbocycles. The summed E-state index contributed by atoms with van der Waals surface area (Å²) in [4.78, 5) is 0.103. The first kappa shape index (κ1) is 17.5. The first-order valence-corrected chi connectivity index (χ1v) is 2.54. The summed E-state index contributed by atoms with van der Waals surface area (Å²) in [6, 6.07) is 3.32. The topological polar surface area (TPSA) is 47.6 Å². The molecule has 0 aliphatic rings. The molecule has 0 aromatic carbocycles. The Morgan fingerprint density at radius 3 is 1.30 bits per heavy atom. The quantitative estimate of drug-likeness (QED) is 0.229. The van der Waals surface area contributed by atoms with Gasteiger partial charge in [0.1, 0.15) is 21.9 Å². The third-order valence-electron chi connectivity index (χ3n) is 0.436. The zero-order valence-electron chi connectivity index (χ0n) is 7.79. The Kier molecular flexibility index (Phi) is 18.2. The van der Waals surface area contributed by atoms with Crippen LogP contribution in [0, 0.1) is 22.7 Å². The molecule has 6 heteroatoms. The third kappa shape index (κ3) is 7.53. The van der Waals surface area contributed by atoms with Crippen molar-refractivity contribution in [1.82, 2.24) is 0 Å². The molecule has 0 heterocycles. The molecule has 2 nitrogen and oxygen atoms in total. The van der Waals surface area contributed by atoms with Gasteiger partial charge in [-0.05, 0) is 0 Å². The van der Waals surface area contributed by atoms with Crippen molar-refractivity contribution in [1.29, 1.82) is 10.5 Å². The van der Waals surface area contributed by atoms with Gasteiger partial charge in [-0.15, -0.1) is 25.3 Å². The van der Waals surface area contributed by atoms with Crippen LogP contribution in [0.25, 0.3) is 0 Å². The molecule has 0 atom stereocenters. The molecule has 0 saturated heterocycles. The maximum atomic E-state index is 8.05. The largest absolute Gasteiger partial charge is 1.00 e. The molecule has 0 spiro atoms. The van der Waals surface area contributed by atoms with Crippen LogP contribution in [0.1, 0.15) is 2.85 Å². The summed E-state index contributed by atoms with van der Waals surface area (Å²) in [6.07, 6.45) is 0. The minimum Gasteiger partial charge on any atom is -1.00 e. The van der Waals surface area contributed by atoms with E-state index < -0.39 is 0 Å². The van der Waals surface area contributed by atoms with Gasteiger partial charge in [-0.1, -0.05) is 0 Å². The fraction of sp³-hybridized carbons (Fsp3) is 0. The molecule has 10 heavy (non-hydrogen) atoms. The zero-order valence-corrected chi connectivity index (χ0v) is 11.6. The Balaban J connectivity index is -0.0000000408. The van der Waals surface area contributed by atoms with Crippen molar-refractivity contribution in [2.45, 2.75) is 0 Å². The zero-order chi connectivity index (χ0) is 6.57. The predicted molar refractivity (Wildman–Crippen MR) is 38.4 cm³/mol. The second-order valence-corrected chi connectivity index (χ2v) is 1.82. The molecule has 0 bridgehead atoms. The average Bonchev–Trinajstić information content (AvgIpc) is 1.84. The number of rotatable bonds is 0. The van der Waals surface area contributed by atoms with Crippen LogP contribution < -0.4 is 59.1 Å². The van der Waals surface area contributed by atoms with Crippen molar-refractivity contribution in [2.75, 3.05) is 0 Å². The van der Waals surface area contributed by atoms with Crippen molar-refractivity contribution in [3.63, 3.8) is 0 Å². The second kappa shape index (κ2) is 10.4. The van der Waals surface area contributed by atoms with E-state index in [1.165, 1.54) is 0 Å². The number of nitrogens with zero attached hydrogens (tertiary/aromatic N) is 2. The van der Waals surface area contributed by atoms with Gasteiger partial charge in [0.05, 0.1) is 0 Å². The summed E-state index contributed by atoms with van der Waals surface area (Å²) in [6.45, 7) is 0. The van der Waals surface area contributed by atoms with Gasteiger partial charge in [0, 0.05) is 0 Å². The summed E-state index contributed by atoms with van der Waals surface area (Å²) in [5, 5.41) is 16.1. The predicted octanol–water partition coefficient (Wildman–Crippen LogP) is -4.66. The van der Waals surface area contributed by atoms with Gasteiger partial charge in [0.25, 0.3) is 0 Å². The molecular formula is C4H4N2Na2S2. The Morgan fingerprint density at radius 1 is 1.00 bits per heavy atom. The van der Waals surface area contributed by atoms with Crippen molar-refractivity contribution in [2.24, 2.45) is 0 Å². The van der Waals surface area contributed by atoms with Crippen molar-refractivity contribution in [3.05, 3.63) is 9.81 Å². The van der Waals surface area contributed by atoms with E-state index in [2.05, 4.69) is 25.3 Å². The summed E-state index contributed by atoms with van der Waals surface area (Å²) in [5.74, 6) is 0. The van der Waals surface area contributed by atoms with Gasteiger partial charge in [-0.2, -0.15) is 10.5 Å². The summed E-state index contributed by atoms with van der Waals surface area (Å²) >= 11 is 7.25. The molecule has 44 valence electrons. The number of hydrogen-bond acceptors (Lipinski definition) is 4. The van der Waals surface area contributed by atoms with Gasteiger partial charge >= 0.3 is 59.1 Å². The third-order valence-corrected chi connectivity index (χ3v) is 1.26. The van der Waals surface area contributed by atoms with Crippen LogP contribution in [-0.4, -0.2) is 0 Å². The average molecular weight is 190 g/mol. The van der Waals surface area contributed by atoms with Gasteiger partial charge < -0.3 is 2.85 Å². The number of thiol groups is 2. The molecule has 0 unspecified atom stereocenters. The monoisotopic (exact) mass is 190 g/mol. The Hall–Kier alpha value is 1.42. The minimum absolute atomic E-state index is 0. The fourth-order valence-electron chi connectivity index (χ4n) is 0.106. The van der Waals surface area contributed by atoms with Crippen molar-refractivity contribution >= 4 is 25.3 Å². The summed E-state index contributed by atoms with van der Waals surface area (Å²) in [5.41, 5.74) is 0. The first-order valence-electron chi connectivity index (χ1n) is 1.64. The Bertz CT molecular complexity index is 186. The van der Waals surface area contributed by atoms with Gasteiger partial charge in [-0.3, -0.25) is 0 Å². The van der Waals surface area contributed by atoms with Crippen LogP contribution >= 0.6 is 25.3 Å². The normalized spacial score (nSPS) is 8.80. The molecule has 0 N–H and O–H groups in total. The maximum absolute atomic E-state index is 8.05. The molecule has 0 rings (SSSR count). The van der Waals surface area contributed by atoms with Crippen molar-refractivity contribution in [3.8, 4) is 12.1 Å². The van der Waals surface area contributed by atoms with E-state index in [4.69, 9.17) is 10.5 Å². The summed E-state index contributed by atoms with van der Waals surface area (Å²) in [7, 11) is 0. The van der Waals surface area contributed by atoms with Crippen LogP contribution in [0.4, 0.5) is 0 Å². The molecule has 0 radical (unpaired) electrons. The molecule has 0 fully saturated rings. The Labute approximate surface area is 118 Å². The van der Waals surface area contributed by atoms with E-state index in [1.807, 2.05) is 0 Å². The Morgan fingerprint density at radius 2 is 1.20 bits per heavy atom. The van der Waals surface area contributed by atoms with E-state index in [1.54, 1.807) is 12.1 Å². The molecule has 0 amide bonds. The molecule has 0 aromatic rings. The van der Waals surface area contributed by atoms with E-state index in [9.17, 15) is 0 Å². The van der Waals surface area contributed by atoms with E-state index in [0.29, 0.717) is 0 Å². The van der Waals surface area contributed by atoms with E-state index in [-0.39, 0.29) is 71.8 Å². The van der Waals surface area contributed by atoms with Gasteiger partial charge in [0.2, 0.25) is 0 Å². The molecular weight excluding hydrogens is 186 g/mol. The minimum atomic E-state index is 0. The van der Waals surface area contributed by atoms with E-state index >= 15 is 0 Å². The summed E-state index contributed by atoms with van der Waals surface area (Å²) < 4.78 is 0. The fourth-order valence-corrected chi connectivity index (χ4v) is 0.206. The molecule has 0 aromatic heterocycles. The second-order valence-electron chi connectivity index (χ2n) is 0.921. The van der Waals surface area contributed by atoms with Crippen LogP contribution in [0.3, 0.4) is 0 Å². The van der Waals surface area contributed by atoms with Crippen LogP contribution in [0.15, 0.2) is 9.81 Å². The smallest absolute Gasteiger partial charge is 1.00 e. The standard InChI is InChI=1S/C4H2N2S2.2Na.2H/c5-1-3(7)4(8)2-6;;;;/h7-8H;;;;/q;2*+1;2*-1. The van der Waals surface area contributed by atoms with Gasteiger partial charge in [-0.25, -0.2) is 0 Å². The molecule has 0 aliphatic carbocycles. The van der Waals surface area contributed by atoms with Crippen LogP contribution in [0.2, 0.25) is 0 Å². The number of hydrogen-bond donors (Lipinski definition) is 2. The van der Waals surface area contributed by atoms with Crippen LogP contribution in [-0.2, 0) is 0 Å². The SMILES string of the molecule is N#CC(S)=C(S)C#N.[H-].[H-].[Na+].[Na+]. The molecule has 0 aliphatic heterocycles. The van der Waals surface area contributed by atoms with E-state index in [0.717, 1.165) is 0 Å². The maximum Gasteiger partial charge on any atom is 1.00 e. The first-order chi connectivity index (χ1) is 3.72. The van der Waals surface area contributed by atoms with Crippen LogP contribution in [0.5, 0.6) is 0 Å². The van der Waals surface area contributed by atoms with Gasteiger partial charge in [0.15, 0.2) is 0 Å². The number of nitriles is 2.